The van der Waals surface area contributed by atoms with Crippen molar-refractivity contribution in [1.29, 1.82) is 0 Å². The van der Waals surface area contributed by atoms with Gasteiger partial charge in [-0.15, -0.1) is 0 Å². The molecule has 2 heterocycles. The molecule has 2 aliphatic carbocycles. The molecule has 0 spiro atoms. The van der Waals surface area contributed by atoms with Crippen molar-refractivity contribution in [2.75, 3.05) is 47.3 Å². The summed E-state index contributed by atoms with van der Waals surface area (Å²) in [5.41, 5.74) is 2.88. The number of carbonyl (C=O) groups is 2. The monoisotopic (exact) mass is 469 g/mol. The summed E-state index contributed by atoms with van der Waals surface area (Å²) in [6.45, 7) is 5.79. The summed E-state index contributed by atoms with van der Waals surface area (Å²) in [6, 6.07) is 0.0112. The molecule has 0 aromatic rings. The molecule has 190 valence electrons. The highest BCUT2D eigenvalue weighted by atomic mass is 19.1. The molecule has 0 radical (unpaired) electrons. The molecule has 33 heavy (non-hydrogen) atoms. The molecule has 0 bridgehead atoms. The summed E-state index contributed by atoms with van der Waals surface area (Å²) in [4.78, 5) is 35.2. The first-order valence-corrected chi connectivity index (χ1v) is 12.8. The minimum absolute atomic E-state index is 0.0224. The molecule has 4 aliphatic rings. The fourth-order valence-electron chi connectivity index (χ4n) is 5.38. The highest BCUT2D eigenvalue weighted by Crippen LogP contribution is 2.38. The molecule has 5 atom stereocenters. The van der Waals surface area contributed by atoms with Crippen LogP contribution in [0.1, 0.15) is 58.3 Å². The van der Waals surface area contributed by atoms with Crippen LogP contribution in [0.2, 0.25) is 0 Å². The van der Waals surface area contributed by atoms with Crippen LogP contribution in [0.3, 0.4) is 0 Å². The van der Waals surface area contributed by atoms with Crippen LogP contribution in [0.25, 0.3) is 0 Å². The number of likely N-dealkylation sites (N-methyl/N-ethyl adjacent to an activating group) is 1. The molecule has 2 aliphatic heterocycles. The third-order valence-corrected chi connectivity index (χ3v) is 7.62. The van der Waals surface area contributed by atoms with Gasteiger partial charge in [-0.25, -0.2) is 9.18 Å². The highest BCUT2D eigenvalue weighted by Gasteiger charge is 2.44. The molecule has 2 saturated heterocycles. The maximum absolute atomic E-state index is 14.1. The molecule has 4 rings (SSSR count). The van der Waals surface area contributed by atoms with Crippen molar-refractivity contribution in [3.63, 3.8) is 0 Å². The van der Waals surface area contributed by atoms with Gasteiger partial charge in [-0.3, -0.25) is 9.63 Å². The van der Waals surface area contributed by atoms with Gasteiger partial charge in [0.05, 0.1) is 6.10 Å². The number of carbonyl (C=O) groups excluding carboxylic acids is 2. The number of nitrogens with one attached hydrogen (secondary N) is 2. The minimum atomic E-state index is -0.835. The Labute approximate surface area is 198 Å². The number of hydrogen-bond donors (Lipinski definition) is 2. The van der Waals surface area contributed by atoms with Gasteiger partial charge < -0.3 is 20.0 Å². The van der Waals surface area contributed by atoms with E-state index in [2.05, 4.69) is 29.7 Å². The van der Waals surface area contributed by atoms with Crippen LogP contribution < -0.4 is 10.8 Å². The number of piperazine rings is 1. The number of hydroxylamine groups is 1. The number of alkyl halides is 1. The first kappa shape index (κ1) is 26.2. The zero-order valence-electron chi connectivity index (χ0n) is 20.9. The molecule has 3 amide bonds. The Morgan fingerprint density at radius 2 is 1.70 bits per heavy atom. The Kier molecular flexibility index (Phi) is 9.76. The number of hydrogen-bond acceptors (Lipinski definition) is 5. The van der Waals surface area contributed by atoms with Gasteiger partial charge in [-0.1, -0.05) is 26.2 Å². The number of fused-ring (bicyclic) bond motifs is 1. The average Bonchev–Trinajstić information content (AvgIpc) is 2.82. The summed E-state index contributed by atoms with van der Waals surface area (Å²) < 4.78 is 14.1. The smallest absolute Gasteiger partial charge is 0.319 e. The second-order valence-corrected chi connectivity index (χ2v) is 10.5. The number of amides is 3. The van der Waals surface area contributed by atoms with Gasteiger partial charge in [0.1, 0.15) is 12.2 Å². The SMILES string of the molecule is CC1CCC(F)C2CC(C(=O)NC3CCCCC3)NOC12.CN1CCN(C(=O)N(C)C)CC1. The van der Waals surface area contributed by atoms with E-state index in [1.165, 1.54) is 19.3 Å². The van der Waals surface area contributed by atoms with E-state index in [-0.39, 0.29) is 30.0 Å². The quantitative estimate of drug-likeness (QED) is 0.650. The number of halogens is 1. The van der Waals surface area contributed by atoms with E-state index in [9.17, 15) is 14.0 Å². The van der Waals surface area contributed by atoms with Crippen LogP contribution in [-0.2, 0) is 9.63 Å². The van der Waals surface area contributed by atoms with E-state index in [0.29, 0.717) is 18.8 Å². The maximum Gasteiger partial charge on any atom is 0.319 e. The van der Waals surface area contributed by atoms with E-state index >= 15 is 0 Å². The molecule has 0 aromatic carbocycles. The molecule has 9 heteroatoms. The second-order valence-electron chi connectivity index (χ2n) is 10.5. The first-order valence-electron chi connectivity index (χ1n) is 12.8. The summed E-state index contributed by atoms with van der Waals surface area (Å²) in [5.74, 6) is 0.194. The van der Waals surface area contributed by atoms with E-state index in [1.807, 2.05) is 4.90 Å². The summed E-state index contributed by atoms with van der Waals surface area (Å²) in [6.07, 6.45) is 6.86. The van der Waals surface area contributed by atoms with Crippen LogP contribution in [0.5, 0.6) is 0 Å². The standard InChI is InChI=1S/C16H27FN2O2.C8H17N3O/c1-10-7-8-13(17)12-9-14(19-21-15(10)12)16(20)18-11-5-3-2-4-6-11;1-9(2)8(12)11-6-4-10(3)5-7-11/h10-15,19H,2-9H2,1H3,(H,18,20);4-7H2,1-3H3. The molecule has 2 N–H and O–H groups in total. The maximum atomic E-state index is 14.1. The lowest BCUT2D eigenvalue weighted by Crippen LogP contribution is -2.58. The van der Waals surface area contributed by atoms with Gasteiger partial charge in [0.15, 0.2) is 0 Å². The van der Waals surface area contributed by atoms with Crippen LogP contribution in [-0.4, -0.2) is 98.3 Å². The van der Waals surface area contributed by atoms with E-state index in [4.69, 9.17) is 4.84 Å². The predicted molar refractivity (Wildman–Crippen MR) is 126 cm³/mol. The topological polar surface area (TPSA) is 77.1 Å². The van der Waals surface area contributed by atoms with Crippen LogP contribution in [0, 0.1) is 11.8 Å². The average molecular weight is 470 g/mol. The van der Waals surface area contributed by atoms with E-state index in [0.717, 1.165) is 45.4 Å². The van der Waals surface area contributed by atoms with Crippen molar-refractivity contribution < 1.29 is 18.8 Å². The number of nitrogens with zero attached hydrogens (tertiary/aromatic N) is 3. The van der Waals surface area contributed by atoms with Crippen molar-refractivity contribution in [2.24, 2.45) is 11.8 Å². The van der Waals surface area contributed by atoms with Gasteiger partial charge in [-0.05, 0) is 45.1 Å². The van der Waals surface area contributed by atoms with Crippen molar-refractivity contribution in [2.45, 2.75) is 82.6 Å². The highest BCUT2D eigenvalue weighted by molar-refractivity contribution is 5.82. The summed E-state index contributed by atoms with van der Waals surface area (Å²) in [7, 11) is 5.67. The van der Waals surface area contributed by atoms with Crippen LogP contribution >= 0.6 is 0 Å². The fourth-order valence-corrected chi connectivity index (χ4v) is 5.38. The third-order valence-electron chi connectivity index (χ3n) is 7.62. The molecule has 4 fully saturated rings. The van der Waals surface area contributed by atoms with Crippen molar-refractivity contribution in [3.05, 3.63) is 0 Å². The van der Waals surface area contributed by atoms with E-state index in [1.54, 1.807) is 19.0 Å². The summed E-state index contributed by atoms with van der Waals surface area (Å²) in [5, 5.41) is 3.11. The Bertz CT molecular complexity index is 638. The van der Waals surface area contributed by atoms with Crippen molar-refractivity contribution >= 4 is 11.9 Å². The van der Waals surface area contributed by atoms with Gasteiger partial charge in [0.2, 0.25) is 5.91 Å². The Hall–Kier alpha value is -1.45. The molecule has 0 aromatic heterocycles. The summed E-state index contributed by atoms with van der Waals surface area (Å²) >= 11 is 0. The Morgan fingerprint density at radius 3 is 2.33 bits per heavy atom. The van der Waals surface area contributed by atoms with Crippen LogP contribution in [0.4, 0.5) is 9.18 Å². The minimum Gasteiger partial charge on any atom is -0.352 e. The molecular formula is C24H44FN5O3. The van der Waals surface area contributed by atoms with Gasteiger partial charge in [-0.2, -0.15) is 5.48 Å². The lowest BCUT2D eigenvalue weighted by molar-refractivity contribution is -0.172. The number of urea groups is 1. The fraction of sp³-hybridized carbons (Fsp3) is 0.917. The molecule has 5 unspecified atom stereocenters. The molecular weight excluding hydrogens is 425 g/mol. The number of rotatable bonds is 2. The van der Waals surface area contributed by atoms with Crippen molar-refractivity contribution in [1.82, 2.24) is 25.5 Å². The normalized spacial score (nSPS) is 33.4. The first-order chi connectivity index (χ1) is 15.8. The Balaban J connectivity index is 0.000000218. The third kappa shape index (κ3) is 7.26. The van der Waals surface area contributed by atoms with Crippen molar-refractivity contribution in [3.8, 4) is 0 Å². The van der Waals surface area contributed by atoms with Gasteiger partial charge in [0.25, 0.3) is 0 Å². The zero-order chi connectivity index (χ0) is 24.0. The largest absolute Gasteiger partial charge is 0.352 e. The van der Waals surface area contributed by atoms with E-state index < -0.39 is 12.2 Å². The van der Waals surface area contributed by atoms with Gasteiger partial charge >= 0.3 is 6.03 Å². The molecule has 2 saturated carbocycles. The predicted octanol–water partition coefficient (Wildman–Crippen LogP) is 2.40. The van der Waals surface area contributed by atoms with Crippen LogP contribution in [0.15, 0.2) is 0 Å². The Morgan fingerprint density at radius 1 is 1.03 bits per heavy atom. The zero-order valence-corrected chi connectivity index (χ0v) is 20.9. The lowest BCUT2D eigenvalue weighted by Gasteiger charge is -2.43. The second kappa shape index (κ2) is 12.3. The van der Waals surface area contributed by atoms with Gasteiger partial charge in [0, 0.05) is 52.2 Å². The molecule has 8 nitrogen and oxygen atoms in total. The lowest BCUT2D eigenvalue weighted by atomic mass is 9.75.